The van der Waals surface area contributed by atoms with Gasteiger partial charge in [-0.2, -0.15) is 0 Å². The van der Waals surface area contributed by atoms with Gasteiger partial charge in [0.05, 0.1) is 0 Å². The van der Waals surface area contributed by atoms with Crippen LogP contribution in [0.1, 0.15) is 26.3 Å². The smallest absolute Gasteiger partial charge is 0.412 e. The van der Waals surface area contributed by atoms with Crippen molar-refractivity contribution in [2.24, 2.45) is 0 Å². The number of H-pyrrole nitrogens is 1. The third-order valence-electron chi connectivity index (χ3n) is 2.79. The number of aromatic amines is 1. The Labute approximate surface area is 127 Å². The molecule has 1 amide bonds. The van der Waals surface area contributed by atoms with Gasteiger partial charge in [-0.15, -0.1) is 0 Å². The molecule has 6 nitrogen and oxygen atoms in total. The lowest BCUT2D eigenvalue weighted by atomic mass is 10.1. The summed E-state index contributed by atoms with van der Waals surface area (Å²) in [4.78, 5) is 26.1. The van der Waals surface area contributed by atoms with Crippen LogP contribution in [0.15, 0.2) is 36.2 Å². The molecule has 3 N–H and O–H groups in total. The van der Waals surface area contributed by atoms with Gasteiger partial charge in [0.1, 0.15) is 11.3 Å². The number of fused-ring (bicyclic) bond motifs is 1. The second kappa shape index (κ2) is 5.93. The van der Waals surface area contributed by atoms with Crippen molar-refractivity contribution in [3.8, 4) is 0 Å². The lowest BCUT2D eigenvalue weighted by Crippen LogP contribution is -2.34. The summed E-state index contributed by atoms with van der Waals surface area (Å²) in [6, 6.07) is 7.48. The molecule has 0 atom stereocenters. The van der Waals surface area contributed by atoms with Crippen molar-refractivity contribution in [2.75, 3.05) is 0 Å². The number of ether oxygens (including phenoxy) is 1. The van der Waals surface area contributed by atoms with E-state index in [2.05, 4.69) is 10.3 Å². The molecular weight excluding hydrogens is 284 g/mol. The number of carboxylic acids is 1. The van der Waals surface area contributed by atoms with Crippen LogP contribution >= 0.6 is 0 Å². The molecule has 1 aromatic heterocycles. The topological polar surface area (TPSA) is 91.4 Å². The van der Waals surface area contributed by atoms with Crippen LogP contribution in [0.4, 0.5) is 4.79 Å². The first-order chi connectivity index (χ1) is 10.3. The number of aliphatic carboxylic acids is 1. The van der Waals surface area contributed by atoms with Crippen LogP contribution in [-0.4, -0.2) is 27.8 Å². The first-order valence-corrected chi connectivity index (χ1v) is 6.77. The average molecular weight is 302 g/mol. The van der Waals surface area contributed by atoms with Crippen molar-refractivity contribution >= 4 is 29.0 Å². The van der Waals surface area contributed by atoms with E-state index < -0.39 is 17.7 Å². The fourth-order valence-corrected chi connectivity index (χ4v) is 1.93. The number of para-hydroxylation sites is 1. The average Bonchev–Trinajstić information content (AvgIpc) is 2.79. The first-order valence-electron chi connectivity index (χ1n) is 6.77. The van der Waals surface area contributed by atoms with Gasteiger partial charge in [-0.05, 0) is 32.9 Å². The summed E-state index contributed by atoms with van der Waals surface area (Å²) in [5.74, 6) is -1.24. The molecule has 1 heterocycles. The number of amides is 1. The van der Waals surface area contributed by atoms with Crippen LogP contribution in [0.25, 0.3) is 17.0 Å². The highest BCUT2D eigenvalue weighted by Crippen LogP contribution is 2.20. The largest absolute Gasteiger partial charge is 0.477 e. The van der Waals surface area contributed by atoms with E-state index in [1.165, 1.54) is 6.08 Å². The minimum absolute atomic E-state index is 0.251. The van der Waals surface area contributed by atoms with Gasteiger partial charge in [-0.1, -0.05) is 18.2 Å². The van der Waals surface area contributed by atoms with Crippen LogP contribution in [0.5, 0.6) is 0 Å². The third-order valence-corrected chi connectivity index (χ3v) is 2.79. The number of hydrogen-bond acceptors (Lipinski definition) is 3. The molecular formula is C16H18N2O4. The number of carbonyl (C=O) groups excluding carboxylic acids is 1. The minimum atomic E-state index is -1.24. The molecule has 22 heavy (non-hydrogen) atoms. The van der Waals surface area contributed by atoms with E-state index in [1.54, 1.807) is 27.0 Å². The quantitative estimate of drug-likeness (QED) is 0.760. The van der Waals surface area contributed by atoms with Crippen molar-refractivity contribution in [1.82, 2.24) is 10.3 Å². The van der Waals surface area contributed by atoms with Crippen LogP contribution in [0, 0.1) is 0 Å². The predicted molar refractivity (Wildman–Crippen MR) is 83.3 cm³/mol. The molecule has 2 rings (SSSR count). The van der Waals surface area contributed by atoms with Crippen molar-refractivity contribution < 1.29 is 19.4 Å². The maximum Gasteiger partial charge on any atom is 0.412 e. The van der Waals surface area contributed by atoms with Crippen molar-refractivity contribution in [2.45, 2.75) is 26.4 Å². The maximum absolute atomic E-state index is 11.7. The summed E-state index contributed by atoms with van der Waals surface area (Å²) in [6.07, 6.45) is 2.27. The zero-order valence-corrected chi connectivity index (χ0v) is 12.6. The third kappa shape index (κ3) is 3.88. The highest BCUT2D eigenvalue weighted by Gasteiger charge is 2.19. The molecule has 6 heteroatoms. The molecule has 116 valence electrons. The SMILES string of the molecule is CC(C)(C)OC(=O)NC(=Cc1c[nH]c2ccccc12)C(=O)O. The van der Waals surface area contributed by atoms with E-state index in [-0.39, 0.29) is 5.70 Å². The van der Waals surface area contributed by atoms with Gasteiger partial charge in [0.2, 0.25) is 0 Å². The monoisotopic (exact) mass is 302 g/mol. The van der Waals surface area contributed by atoms with Gasteiger partial charge in [-0.3, -0.25) is 5.32 Å². The normalized spacial score (nSPS) is 12.2. The molecule has 0 saturated heterocycles. The van der Waals surface area contributed by atoms with E-state index in [0.29, 0.717) is 5.56 Å². The van der Waals surface area contributed by atoms with E-state index in [0.717, 1.165) is 10.9 Å². The maximum atomic E-state index is 11.7. The number of benzene rings is 1. The molecule has 0 spiro atoms. The number of carboxylic acid groups (broad SMARTS) is 1. The molecule has 0 aliphatic heterocycles. The number of rotatable bonds is 3. The molecule has 0 aliphatic rings. The van der Waals surface area contributed by atoms with E-state index in [4.69, 9.17) is 4.74 Å². The lowest BCUT2D eigenvalue weighted by molar-refractivity contribution is -0.133. The standard InChI is InChI=1S/C16H18N2O4/c1-16(2,3)22-15(21)18-13(14(19)20)8-10-9-17-12-7-5-4-6-11(10)12/h4-9,17H,1-3H3,(H,18,21)(H,19,20). The van der Waals surface area contributed by atoms with Crippen LogP contribution < -0.4 is 5.32 Å². The first kappa shape index (κ1) is 15.6. The molecule has 0 unspecified atom stereocenters. The minimum Gasteiger partial charge on any atom is -0.477 e. The molecule has 0 radical (unpaired) electrons. The summed E-state index contributed by atoms with van der Waals surface area (Å²) < 4.78 is 5.06. The van der Waals surface area contributed by atoms with Crippen LogP contribution in [-0.2, 0) is 9.53 Å². The zero-order chi connectivity index (χ0) is 16.3. The Hall–Kier alpha value is -2.76. The van der Waals surface area contributed by atoms with Crippen molar-refractivity contribution in [1.29, 1.82) is 0 Å². The Balaban J connectivity index is 2.28. The molecule has 1 aromatic carbocycles. The second-order valence-electron chi connectivity index (χ2n) is 5.78. The lowest BCUT2D eigenvalue weighted by Gasteiger charge is -2.19. The molecule has 0 bridgehead atoms. The summed E-state index contributed by atoms with van der Waals surface area (Å²) in [5.41, 5.74) is 0.605. The Morgan fingerprint density at radius 3 is 2.59 bits per heavy atom. The Morgan fingerprint density at radius 1 is 1.27 bits per heavy atom. The number of nitrogens with one attached hydrogen (secondary N) is 2. The number of carbonyl (C=O) groups is 2. The summed E-state index contributed by atoms with van der Waals surface area (Å²) in [7, 11) is 0. The van der Waals surface area contributed by atoms with E-state index >= 15 is 0 Å². The van der Waals surface area contributed by atoms with Crippen LogP contribution in [0.3, 0.4) is 0 Å². The highest BCUT2D eigenvalue weighted by atomic mass is 16.6. The Morgan fingerprint density at radius 2 is 1.95 bits per heavy atom. The fourth-order valence-electron chi connectivity index (χ4n) is 1.93. The number of hydrogen-bond donors (Lipinski definition) is 3. The van der Waals surface area contributed by atoms with E-state index in [9.17, 15) is 14.7 Å². The fraction of sp³-hybridized carbons (Fsp3) is 0.250. The molecule has 0 saturated carbocycles. The summed E-state index contributed by atoms with van der Waals surface area (Å²) in [5, 5.41) is 12.4. The summed E-state index contributed by atoms with van der Waals surface area (Å²) in [6.45, 7) is 5.11. The molecule has 0 fully saturated rings. The highest BCUT2D eigenvalue weighted by molar-refractivity contribution is 5.99. The Bertz CT molecular complexity index is 738. The Kier molecular flexibility index (Phi) is 4.21. The summed E-state index contributed by atoms with van der Waals surface area (Å²) >= 11 is 0. The second-order valence-corrected chi connectivity index (χ2v) is 5.78. The number of aromatic nitrogens is 1. The van der Waals surface area contributed by atoms with Gasteiger partial charge >= 0.3 is 12.1 Å². The van der Waals surface area contributed by atoms with Crippen molar-refractivity contribution in [3.05, 3.63) is 41.7 Å². The number of alkyl carbamates (subject to hydrolysis) is 1. The van der Waals surface area contributed by atoms with Crippen LogP contribution in [0.2, 0.25) is 0 Å². The molecule has 0 aliphatic carbocycles. The van der Waals surface area contributed by atoms with Crippen molar-refractivity contribution in [3.63, 3.8) is 0 Å². The zero-order valence-electron chi connectivity index (χ0n) is 12.6. The van der Waals surface area contributed by atoms with Gasteiger partial charge in [-0.25, -0.2) is 9.59 Å². The van der Waals surface area contributed by atoms with Gasteiger partial charge < -0.3 is 14.8 Å². The van der Waals surface area contributed by atoms with Gasteiger partial charge in [0, 0.05) is 22.7 Å². The van der Waals surface area contributed by atoms with Gasteiger partial charge in [0.25, 0.3) is 0 Å². The molecule has 2 aromatic rings. The predicted octanol–water partition coefficient (Wildman–Crippen LogP) is 3.12. The van der Waals surface area contributed by atoms with Gasteiger partial charge in [0.15, 0.2) is 0 Å². The van der Waals surface area contributed by atoms with E-state index in [1.807, 2.05) is 24.3 Å².